The van der Waals surface area contributed by atoms with Gasteiger partial charge in [-0.15, -0.1) is 0 Å². The summed E-state index contributed by atoms with van der Waals surface area (Å²) in [5.41, 5.74) is 5.23. The van der Waals surface area contributed by atoms with Gasteiger partial charge in [-0.1, -0.05) is 25.1 Å². The van der Waals surface area contributed by atoms with E-state index in [1.54, 1.807) is 17.9 Å². The first kappa shape index (κ1) is 17.8. The van der Waals surface area contributed by atoms with Gasteiger partial charge in [0.2, 0.25) is 5.91 Å². The van der Waals surface area contributed by atoms with E-state index in [1.165, 1.54) is 12.1 Å². The topological polar surface area (TPSA) is 46.3 Å². The van der Waals surface area contributed by atoms with Gasteiger partial charge in [-0.05, 0) is 36.8 Å². The highest BCUT2D eigenvalue weighted by molar-refractivity contribution is 5.77. The molecule has 2 N–H and O–H groups in total. The molecule has 0 saturated carbocycles. The largest absolute Gasteiger partial charge is 0.416 e. The van der Waals surface area contributed by atoms with E-state index in [0.717, 1.165) is 25.3 Å². The maximum absolute atomic E-state index is 13.1. The molecule has 2 atom stereocenters. The predicted octanol–water partition coefficient (Wildman–Crippen LogP) is 3.54. The van der Waals surface area contributed by atoms with E-state index >= 15 is 0 Å². The minimum atomic E-state index is -4.40. The summed E-state index contributed by atoms with van der Waals surface area (Å²) in [5.74, 6) is -0.592. The Kier molecular flexibility index (Phi) is 5.68. The summed E-state index contributed by atoms with van der Waals surface area (Å²) in [7, 11) is 0. The van der Waals surface area contributed by atoms with Crippen LogP contribution >= 0.6 is 0 Å². The van der Waals surface area contributed by atoms with Crippen LogP contribution in [0, 0.1) is 0 Å². The molecule has 1 fully saturated rings. The Morgan fingerprint density at radius 3 is 2.70 bits per heavy atom. The van der Waals surface area contributed by atoms with Crippen LogP contribution in [0.15, 0.2) is 24.3 Å². The Morgan fingerprint density at radius 2 is 2.04 bits per heavy atom. The van der Waals surface area contributed by atoms with Crippen molar-refractivity contribution in [2.24, 2.45) is 5.73 Å². The predicted molar refractivity (Wildman–Crippen MR) is 82.9 cm³/mol. The van der Waals surface area contributed by atoms with Gasteiger partial charge in [0.05, 0.1) is 5.56 Å². The number of nitrogens with two attached hydrogens (primary N) is 1. The third-order valence-electron chi connectivity index (χ3n) is 4.50. The summed E-state index contributed by atoms with van der Waals surface area (Å²) in [6.45, 7) is 2.72. The number of carbonyl (C=O) groups excluding carboxylic acids is 1. The van der Waals surface area contributed by atoms with Gasteiger partial charge in [0.25, 0.3) is 0 Å². The van der Waals surface area contributed by atoms with E-state index in [0.29, 0.717) is 13.1 Å². The molecule has 1 aromatic carbocycles. The Balaban J connectivity index is 2.13. The molecule has 1 aliphatic rings. The minimum Gasteiger partial charge on any atom is -0.338 e. The standard InChI is InChI=1S/C17H23F3N2O/c1-12(14-7-2-3-8-15(14)17(18,19)20)10-16(23)22-9-5-4-6-13(22)11-21/h2-3,7-8,12-13H,4-6,9-11,21H2,1H3. The van der Waals surface area contributed by atoms with Gasteiger partial charge < -0.3 is 10.6 Å². The number of nitrogens with zero attached hydrogens (tertiary/aromatic N) is 1. The highest BCUT2D eigenvalue weighted by Gasteiger charge is 2.35. The monoisotopic (exact) mass is 328 g/mol. The first-order valence-corrected chi connectivity index (χ1v) is 8.00. The second-order valence-corrected chi connectivity index (χ2v) is 6.16. The van der Waals surface area contributed by atoms with Gasteiger partial charge in [0, 0.05) is 25.6 Å². The molecule has 2 rings (SSSR count). The van der Waals surface area contributed by atoms with Crippen molar-refractivity contribution in [3.63, 3.8) is 0 Å². The molecule has 1 heterocycles. The third-order valence-corrected chi connectivity index (χ3v) is 4.50. The number of alkyl halides is 3. The minimum absolute atomic E-state index is 0.0151. The molecule has 1 aliphatic heterocycles. The molecule has 6 heteroatoms. The van der Waals surface area contributed by atoms with Crippen LogP contribution in [0.4, 0.5) is 13.2 Å². The van der Waals surface area contributed by atoms with Crippen LogP contribution in [0.1, 0.15) is 49.7 Å². The third kappa shape index (κ3) is 4.25. The van der Waals surface area contributed by atoms with Crippen molar-refractivity contribution in [3.8, 4) is 0 Å². The molecule has 1 amide bonds. The number of benzene rings is 1. The first-order valence-electron chi connectivity index (χ1n) is 8.00. The van der Waals surface area contributed by atoms with Crippen molar-refractivity contribution in [2.75, 3.05) is 13.1 Å². The number of halogens is 3. The van der Waals surface area contributed by atoms with Crippen LogP contribution < -0.4 is 5.73 Å². The van der Waals surface area contributed by atoms with Crippen molar-refractivity contribution >= 4 is 5.91 Å². The second kappa shape index (κ2) is 7.34. The summed E-state index contributed by atoms with van der Waals surface area (Å²) in [5, 5.41) is 0. The van der Waals surface area contributed by atoms with Gasteiger partial charge in [-0.2, -0.15) is 13.2 Å². The SMILES string of the molecule is CC(CC(=O)N1CCCCC1CN)c1ccccc1C(F)(F)F. The van der Waals surface area contributed by atoms with Crippen molar-refractivity contribution < 1.29 is 18.0 Å². The highest BCUT2D eigenvalue weighted by Crippen LogP contribution is 2.36. The molecule has 1 saturated heterocycles. The van der Waals surface area contributed by atoms with Crippen molar-refractivity contribution in [1.82, 2.24) is 4.90 Å². The van der Waals surface area contributed by atoms with E-state index in [9.17, 15) is 18.0 Å². The fraction of sp³-hybridized carbons (Fsp3) is 0.588. The number of carbonyl (C=O) groups is 1. The molecular formula is C17H23F3N2O. The Hall–Kier alpha value is -1.56. The lowest BCUT2D eigenvalue weighted by molar-refractivity contribution is -0.139. The molecule has 0 aromatic heterocycles. The smallest absolute Gasteiger partial charge is 0.338 e. The summed E-state index contributed by atoms with van der Waals surface area (Å²) in [4.78, 5) is 14.2. The first-order chi connectivity index (χ1) is 10.8. The number of piperidine rings is 1. The van der Waals surface area contributed by atoms with Crippen molar-refractivity contribution in [3.05, 3.63) is 35.4 Å². The number of rotatable bonds is 4. The molecular weight excluding hydrogens is 305 g/mol. The van der Waals surface area contributed by atoms with Gasteiger partial charge >= 0.3 is 6.18 Å². The van der Waals surface area contributed by atoms with Crippen LogP contribution in [0.5, 0.6) is 0 Å². The summed E-state index contributed by atoms with van der Waals surface area (Å²) < 4.78 is 39.3. The molecule has 0 aliphatic carbocycles. The molecule has 0 spiro atoms. The van der Waals surface area contributed by atoms with Crippen LogP contribution in [0.2, 0.25) is 0 Å². The number of amides is 1. The van der Waals surface area contributed by atoms with Crippen LogP contribution in [-0.2, 0) is 11.0 Å². The quantitative estimate of drug-likeness (QED) is 0.919. The van der Waals surface area contributed by atoms with Gasteiger partial charge in [0.15, 0.2) is 0 Å². The molecule has 1 aromatic rings. The van der Waals surface area contributed by atoms with Crippen LogP contribution in [0.25, 0.3) is 0 Å². The maximum atomic E-state index is 13.1. The fourth-order valence-electron chi connectivity index (χ4n) is 3.25. The molecule has 3 nitrogen and oxygen atoms in total. The average Bonchev–Trinajstić information content (AvgIpc) is 2.53. The zero-order valence-corrected chi connectivity index (χ0v) is 13.3. The van der Waals surface area contributed by atoms with E-state index < -0.39 is 17.7 Å². The normalized spacial score (nSPS) is 20.4. The number of hydrogen-bond donors (Lipinski definition) is 1. The van der Waals surface area contributed by atoms with Crippen molar-refractivity contribution in [2.45, 2.75) is 50.7 Å². The van der Waals surface area contributed by atoms with E-state index in [-0.39, 0.29) is 23.9 Å². The molecule has 23 heavy (non-hydrogen) atoms. The maximum Gasteiger partial charge on any atom is 0.416 e. The number of likely N-dealkylation sites (tertiary alicyclic amines) is 1. The lowest BCUT2D eigenvalue weighted by Gasteiger charge is -2.36. The molecule has 0 bridgehead atoms. The van der Waals surface area contributed by atoms with Gasteiger partial charge in [-0.3, -0.25) is 4.79 Å². The van der Waals surface area contributed by atoms with Gasteiger partial charge in [0.1, 0.15) is 0 Å². The fourth-order valence-corrected chi connectivity index (χ4v) is 3.25. The van der Waals surface area contributed by atoms with Crippen LogP contribution in [-0.4, -0.2) is 29.9 Å². The summed E-state index contributed by atoms with van der Waals surface area (Å²) in [6, 6.07) is 5.49. The zero-order valence-electron chi connectivity index (χ0n) is 13.3. The van der Waals surface area contributed by atoms with E-state index in [1.807, 2.05) is 0 Å². The Morgan fingerprint density at radius 1 is 1.35 bits per heavy atom. The lowest BCUT2D eigenvalue weighted by atomic mass is 9.91. The molecule has 0 radical (unpaired) electrons. The van der Waals surface area contributed by atoms with Crippen molar-refractivity contribution in [1.29, 1.82) is 0 Å². The molecule has 128 valence electrons. The number of hydrogen-bond acceptors (Lipinski definition) is 2. The van der Waals surface area contributed by atoms with Crippen LogP contribution in [0.3, 0.4) is 0 Å². The zero-order chi connectivity index (χ0) is 17.0. The highest BCUT2D eigenvalue weighted by atomic mass is 19.4. The van der Waals surface area contributed by atoms with E-state index in [2.05, 4.69) is 0 Å². The molecule has 2 unspecified atom stereocenters. The average molecular weight is 328 g/mol. The Bertz CT molecular complexity index is 545. The lowest BCUT2D eigenvalue weighted by Crippen LogP contribution is -2.47. The van der Waals surface area contributed by atoms with E-state index in [4.69, 9.17) is 5.73 Å². The second-order valence-electron chi connectivity index (χ2n) is 6.16. The Labute approximate surface area is 134 Å². The van der Waals surface area contributed by atoms with Gasteiger partial charge in [-0.25, -0.2) is 0 Å². The summed E-state index contributed by atoms with van der Waals surface area (Å²) >= 11 is 0. The summed E-state index contributed by atoms with van der Waals surface area (Å²) in [6.07, 6.45) is -1.49.